The zero-order valence-electron chi connectivity index (χ0n) is 18.0. The molecule has 3 saturated carbocycles. The van der Waals surface area contributed by atoms with Crippen LogP contribution in [-0.2, 0) is 23.7 Å². The average molecular weight is 446 g/mol. The minimum atomic E-state index is -1.18. The Morgan fingerprint density at radius 2 is 1.90 bits per heavy atom. The van der Waals surface area contributed by atoms with E-state index in [2.05, 4.69) is 31.4 Å². The number of carbonyl (C=O) groups is 3. The second kappa shape index (κ2) is 9.02. The van der Waals surface area contributed by atoms with Crippen molar-refractivity contribution in [3.63, 3.8) is 0 Å². The molecular formula is C19H33BClN3O6. The highest BCUT2D eigenvalue weighted by molar-refractivity contribution is 6.47. The summed E-state index contributed by atoms with van der Waals surface area (Å²) in [6.07, 6.45) is 1.81. The van der Waals surface area contributed by atoms with E-state index in [-0.39, 0.29) is 54.9 Å². The van der Waals surface area contributed by atoms with Crippen molar-refractivity contribution in [1.82, 2.24) is 10.6 Å². The lowest BCUT2D eigenvalue weighted by molar-refractivity contribution is -0.199. The Morgan fingerprint density at radius 1 is 1.23 bits per heavy atom. The Hall–Kier alpha value is -1.36. The number of hydrogen-bond acceptors (Lipinski definition) is 6. The van der Waals surface area contributed by atoms with Crippen molar-refractivity contribution < 1.29 is 28.8 Å². The number of nitrogens with two attached hydrogens (primary N) is 1. The van der Waals surface area contributed by atoms with Crippen molar-refractivity contribution in [3.8, 4) is 0 Å². The van der Waals surface area contributed by atoms with Crippen LogP contribution in [0.5, 0.6) is 0 Å². The number of hydrogen-bond donors (Lipinski definition) is 4. The number of halogens is 1. The summed E-state index contributed by atoms with van der Waals surface area (Å²) in [5, 5.41) is 13.7. The van der Waals surface area contributed by atoms with Gasteiger partial charge in [0, 0.05) is 12.4 Å². The van der Waals surface area contributed by atoms with E-state index in [1.54, 1.807) is 0 Å². The summed E-state index contributed by atoms with van der Waals surface area (Å²) in [6.45, 7) is 8.82. The van der Waals surface area contributed by atoms with E-state index in [9.17, 15) is 14.4 Å². The summed E-state index contributed by atoms with van der Waals surface area (Å²) in [7, 11) is -0.376. The third kappa shape index (κ3) is 4.61. The van der Waals surface area contributed by atoms with Gasteiger partial charge in [-0.3, -0.25) is 14.4 Å². The Labute approximate surface area is 183 Å². The van der Waals surface area contributed by atoms with Crippen LogP contribution in [0.15, 0.2) is 0 Å². The normalized spacial score (nSPS) is 32.7. The Kier molecular flexibility index (Phi) is 7.49. The van der Waals surface area contributed by atoms with E-state index in [1.807, 2.05) is 6.92 Å². The van der Waals surface area contributed by atoms with Crippen LogP contribution in [0.3, 0.4) is 0 Å². The summed E-state index contributed by atoms with van der Waals surface area (Å²) >= 11 is 0. The predicted octanol–water partition coefficient (Wildman–Crippen LogP) is 0.561. The van der Waals surface area contributed by atoms with Crippen LogP contribution >= 0.6 is 12.4 Å². The quantitative estimate of drug-likeness (QED) is 0.400. The first-order valence-corrected chi connectivity index (χ1v) is 10.3. The van der Waals surface area contributed by atoms with E-state index in [0.29, 0.717) is 18.4 Å². The molecule has 5 N–H and O–H groups in total. The molecule has 170 valence electrons. The van der Waals surface area contributed by atoms with Crippen LogP contribution in [-0.4, -0.2) is 60.8 Å². The second-order valence-corrected chi connectivity index (χ2v) is 9.54. The molecule has 4 aliphatic rings. The van der Waals surface area contributed by atoms with Gasteiger partial charge in [-0.25, -0.2) is 0 Å². The molecule has 11 heteroatoms. The Morgan fingerprint density at radius 3 is 2.50 bits per heavy atom. The van der Waals surface area contributed by atoms with Crippen LogP contribution in [0, 0.1) is 17.3 Å². The highest BCUT2D eigenvalue weighted by Gasteiger charge is 2.68. The number of nitrogens with one attached hydrogen (secondary N) is 2. The van der Waals surface area contributed by atoms with Crippen LogP contribution in [0.2, 0.25) is 5.82 Å². The molecule has 6 atom stereocenters. The molecule has 2 amide bonds. The maximum Gasteiger partial charge on any atom is 0.462 e. The molecule has 0 aromatic heterocycles. The standard InChI is InChI=1S/C19H32BN3O6.ClH/c1-10(8-22-15(24)9-23-17(27)12(21)7-16(25)26)20-28-14-6-11-5-13(18(11,2)3)19(14,4)29-20;/h10-14H,5-9,21H2,1-4H3,(H,22,24)(H,23,27)(H,25,26);1H/t10-,11?,12?,13?,14?,19+;/m0./s1. The average Bonchev–Trinajstić information content (AvgIpc) is 3.00. The summed E-state index contributed by atoms with van der Waals surface area (Å²) < 4.78 is 12.6. The fourth-order valence-electron chi connectivity index (χ4n) is 5.16. The third-order valence-corrected chi connectivity index (χ3v) is 7.21. The summed E-state index contributed by atoms with van der Waals surface area (Å²) in [4.78, 5) is 34.2. The smallest absolute Gasteiger partial charge is 0.462 e. The molecule has 0 spiro atoms. The van der Waals surface area contributed by atoms with Crippen LogP contribution in [0.4, 0.5) is 0 Å². The molecule has 0 aromatic carbocycles. The highest BCUT2D eigenvalue weighted by Crippen LogP contribution is 2.66. The zero-order valence-corrected chi connectivity index (χ0v) is 18.8. The monoisotopic (exact) mass is 445 g/mol. The number of rotatable bonds is 8. The zero-order chi connectivity index (χ0) is 21.6. The van der Waals surface area contributed by atoms with Gasteiger partial charge in [0.15, 0.2) is 0 Å². The molecule has 4 fully saturated rings. The van der Waals surface area contributed by atoms with Gasteiger partial charge in [0.05, 0.1) is 30.7 Å². The summed E-state index contributed by atoms with van der Waals surface area (Å²) in [6, 6.07) is -1.18. The lowest BCUT2D eigenvalue weighted by Crippen LogP contribution is -2.65. The maximum atomic E-state index is 12.0. The van der Waals surface area contributed by atoms with Gasteiger partial charge in [0.25, 0.3) is 0 Å². The molecule has 0 radical (unpaired) electrons. The van der Waals surface area contributed by atoms with Gasteiger partial charge in [-0.05, 0) is 37.0 Å². The topological polar surface area (TPSA) is 140 Å². The van der Waals surface area contributed by atoms with E-state index in [0.717, 1.165) is 6.42 Å². The van der Waals surface area contributed by atoms with Crippen molar-refractivity contribution in [2.75, 3.05) is 13.1 Å². The van der Waals surface area contributed by atoms with E-state index in [1.165, 1.54) is 6.42 Å². The first-order chi connectivity index (χ1) is 13.4. The molecular weight excluding hydrogens is 412 g/mol. The fraction of sp³-hybridized carbons (Fsp3) is 0.842. The molecule has 1 aliphatic heterocycles. The third-order valence-electron chi connectivity index (χ3n) is 7.21. The SMILES string of the molecule is C[C@@H](CNC(=O)CNC(=O)C(N)CC(=O)O)B1OC2CC3CC(C3(C)C)[C@@]2(C)O1.Cl. The molecule has 4 rings (SSSR count). The van der Waals surface area contributed by atoms with Gasteiger partial charge < -0.3 is 30.8 Å². The molecule has 4 unspecified atom stereocenters. The molecule has 1 saturated heterocycles. The van der Waals surface area contributed by atoms with Crippen molar-refractivity contribution in [2.24, 2.45) is 23.0 Å². The lowest BCUT2D eigenvalue weighted by Gasteiger charge is -2.64. The van der Waals surface area contributed by atoms with Crippen molar-refractivity contribution in [1.29, 1.82) is 0 Å². The Balaban J connectivity index is 0.00000320. The van der Waals surface area contributed by atoms with Crippen LogP contribution < -0.4 is 16.4 Å². The summed E-state index contributed by atoms with van der Waals surface area (Å²) in [5.74, 6) is -1.10. The first-order valence-electron chi connectivity index (χ1n) is 10.3. The first kappa shape index (κ1) is 24.9. The van der Waals surface area contributed by atoms with Gasteiger partial charge in [0.1, 0.15) is 0 Å². The van der Waals surface area contributed by atoms with Gasteiger partial charge in [-0.1, -0.05) is 20.8 Å². The second-order valence-electron chi connectivity index (χ2n) is 9.54. The molecule has 2 bridgehead atoms. The minimum Gasteiger partial charge on any atom is -0.481 e. The Bertz CT molecular complexity index is 695. The number of carboxylic acid groups (broad SMARTS) is 1. The molecule has 30 heavy (non-hydrogen) atoms. The fourth-order valence-corrected chi connectivity index (χ4v) is 5.16. The molecule has 0 aromatic rings. The van der Waals surface area contributed by atoms with Gasteiger partial charge >= 0.3 is 13.1 Å². The van der Waals surface area contributed by atoms with Crippen LogP contribution in [0.1, 0.15) is 47.0 Å². The van der Waals surface area contributed by atoms with Crippen molar-refractivity contribution >= 4 is 37.3 Å². The van der Waals surface area contributed by atoms with Crippen molar-refractivity contribution in [2.45, 2.75) is 70.5 Å². The predicted molar refractivity (Wildman–Crippen MR) is 113 cm³/mol. The van der Waals surface area contributed by atoms with Gasteiger partial charge in [-0.15, -0.1) is 12.4 Å². The molecule has 1 heterocycles. The number of carbonyl (C=O) groups excluding carboxylic acids is 2. The number of amides is 2. The minimum absolute atomic E-state index is 0. The maximum absolute atomic E-state index is 12.0. The van der Waals surface area contributed by atoms with Crippen molar-refractivity contribution in [3.05, 3.63) is 0 Å². The van der Waals surface area contributed by atoms with Gasteiger partial charge in [0.2, 0.25) is 11.8 Å². The molecule has 9 nitrogen and oxygen atoms in total. The number of aliphatic carboxylic acids is 1. The van der Waals surface area contributed by atoms with Gasteiger partial charge in [-0.2, -0.15) is 0 Å². The van der Waals surface area contributed by atoms with E-state index >= 15 is 0 Å². The van der Waals surface area contributed by atoms with E-state index in [4.69, 9.17) is 20.1 Å². The lowest BCUT2D eigenvalue weighted by atomic mass is 9.43. The highest BCUT2D eigenvalue weighted by atomic mass is 35.5. The summed E-state index contributed by atoms with van der Waals surface area (Å²) in [5.41, 5.74) is 5.45. The molecule has 3 aliphatic carbocycles. The van der Waals surface area contributed by atoms with Crippen LogP contribution in [0.25, 0.3) is 0 Å². The largest absolute Gasteiger partial charge is 0.481 e. The number of carboxylic acids is 1. The van der Waals surface area contributed by atoms with E-state index < -0.39 is 24.3 Å².